The van der Waals surface area contributed by atoms with E-state index in [1.54, 1.807) is 56.5 Å². The molecule has 0 bridgehead atoms. The molecule has 6 nitrogen and oxygen atoms in total. The molecule has 1 aromatic heterocycles. The number of hydrogen-bond acceptors (Lipinski definition) is 5. The first kappa shape index (κ1) is 24.1. The van der Waals surface area contributed by atoms with Crippen LogP contribution in [0.25, 0.3) is 10.1 Å². The Hall–Kier alpha value is -3.07. The summed E-state index contributed by atoms with van der Waals surface area (Å²) in [6, 6.07) is 17.2. The molecule has 0 saturated heterocycles. The van der Waals surface area contributed by atoms with Crippen molar-refractivity contribution in [1.29, 1.82) is 0 Å². The van der Waals surface area contributed by atoms with Gasteiger partial charge < -0.3 is 10.1 Å². The average Bonchev–Trinajstić information content (AvgIpc) is 3.24. The van der Waals surface area contributed by atoms with Gasteiger partial charge in [0, 0.05) is 22.5 Å². The van der Waals surface area contributed by atoms with Crippen molar-refractivity contribution in [1.82, 2.24) is 0 Å². The Balaban J connectivity index is 1.62. The molecule has 9 heteroatoms. The van der Waals surface area contributed by atoms with Crippen molar-refractivity contribution in [2.45, 2.75) is 18.7 Å². The highest BCUT2D eigenvalue weighted by Gasteiger charge is 2.23. The standard InChI is InChI=1S/C25H23ClN2O4S2/c1-15-5-6-18(26)14-21(15)27-25(29)24-13-17-12-19(7-10-23(17)33-24)28(3)34(30,31)20-8-9-22(32-4)16(2)11-20/h5-14H,1-4H3,(H,27,29). The average molecular weight is 515 g/mol. The highest BCUT2D eigenvalue weighted by molar-refractivity contribution is 7.92. The monoisotopic (exact) mass is 514 g/mol. The molecule has 0 aliphatic carbocycles. The Labute approximate surface area is 207 Å². The van der Waals surface area contributed by atoms with Gasteiger partial charge in [0.05, 0.1) is 22.6 Å². The second-order valence-electron chi connectivity index (χ2n) is 7.85. The lowest BCUT2D eigenvalue weighted by Gasteiger charge is -2.20. The maximum absolute atomic E-state index is 13.2. The zero-order valence-electron chi connectivity index (χ0n) is 19.0. The number of nitrogens with zero attached hydrogens (tertiary/aromatic N) is 1. The van der Waals surface area contributed by atoms with Crippen LogP contribution in [0.5, 0.6) is 5.75 Å². The number of ether oxygens (including phenoxy) is 1. The number of benzene rings is 3. The predicted molar refractivity (Wildman–Crippen MR) is 139 cm³/mol. The molecule has 4 rings (SSSR count). The number of halogens is 1. The summed E-state index contributed by atoms with van der Waals surface area (Å²) < 4.78 is 33.8. The normalized spacial score (nSPS) is 11.4. The largest absolute Gasteiger partial charge is 0.496 e. The van der Waals surface area contributed by atoms with E-state index in [0.717, 1.165) is 21.2 Å². The third-order valence-corrected chi connectivity index (χ3v) is 8.69. The number of amides is 1. The van der Waals surface area contributed by atoms with E-state index in [2.05, 4.69) is 5.32 Å². The van der Waals surface area contributed by atoms with Crippen molar-refractivity contribution >= 4 is 60.3 Å². The molecular formula is C25H23ClN2O4S2. The Morgan fingerprint density at radius 3 is 2.47 bits per heavy atom. The van der Waals surface area contributed by atoms with E-state index in [0.29, 0.717) is 27.0 Å². The van der Waals surface area contributed by atoms with Crippen LogP contribution in [0.1, 0.15) is 20.8 Å². The zero-order valence-corrected chi connectivity index (χ0v) is 21.4. The van der Waals surface area contributed by atoms with Crippen molar-refractivity contribution in [3.63, 3.8) is 0 Å². The van der Waals surface area contributed by atoms with Crippen molar-refractivity contribution < 1.29 is 17.9 Å². The van der Waals surface area contributed by atoms with Gasteiger partial charge in [-0.25, -0.2) is 8.42 Å². The second kappa shape index (κ2) is 9.29. The lowest BCUT2D eigenvalue weighted by Crippen LogP contribution is -2.26. The summed E-state index contributed by atoms with van der Waals surface area (Å²) in [7, 11) is -0.721. The number of nitrogens with one attached hydrogen (secondary N) is 1. The summed E-state index contributed by atoms with van der Waals surface area (Å²) in [5, 5.41) is 4.22. The third kappa shape index (κ3) is 4.61. The summed E-state index contributed by atoms with van der Waals surface area (Å²) in [6.45, 7) is 3.69. The minimum absolute atomic E-state index is 0.177. The first-order valence-electron chi connectivity index (χ1n) is 10.3. The molecular weight excluding hydrogens is 492 g/mol. The minimum Gasteiger partial charge on any atom is -0.496 e. The topological polar surface area (TPSA) is 75.7 Å². The first-order chi connectivity index (χ1) is 16.1. The summed E-state index contributed by atoms with van der Waals surface area (Å²) in [5.74, 6) is 0.378. The summed E-state index contributed by atoms with van der Waals surface area (Å²) in [4.78, 5) is 13.5. The number of methoxy groups -OCH3 is 1. The Morgan fingerprint density at radius 1 is 1.00 bits per heavy atom. The number of sulfonamides is 1. The number of carbonyl (C=O) groups excluding carboxylic acids is 1. The van der Waals surface area contributed by atoms with Gasteiger partial charge in [-0.2, -0.15) is 0 Å². The number of carbonyl (C=O) groups is 1. The van der Waals surface area contributed by atoms with E-state index in [4.69, 9.17) is 16.3 Å². The molecule has 176 valence electrons. The van der Waals surface area contributed by atoms with Crippen LogP contribution in [-0.4, -0.2) is 28.5 Å². The Kier molecular flexibility index (Phi) is 6.58. The number of anilines is 2. The van der Waals surface area contributed by atoms with E-state index in [1.165, 1.54) is 28.8 Å². The minimum atomic E-state index is -3.78. The van der Waals surface area contributed by atoms with E-state index in [-0.39, 0.29) is 10.8 Å². The molecule has 0 aliphatic heterocycles. The lowest BCUT2D eigenvalue weighted by molar-refractivity contribution is 0.103. The Bertz CT molecular complexity index is 1510. The zero-order chi connectivity index (χ0) is 24.6. The van der Waals surface area contributed by atoms with Crippen LogP contribution in [-0.2, 0) is 10.0 Å². The number of rotatable bonds is 6. The summed E-state index contributed by atoms with van der Waals surface area (Å²) in [5.41, 5.74) is 2.78. The first-order valence-corrected chi connectivity index (χ1v) is 13.0. The van der Waals surface area contributed by atoms with Crippen molar-refractivity contribution in [3.8, 4) is 5.75 Å². The van der Waals surface area contributed by atoms with Crippen molar-refractivity contribution in [2.24, 2.45) is 0 Å². The number of thiophene rings is 1. The molecule has 4 aromatic rings. The molecule has 1 N–H and O–H groups in total. The van der Waals surface area contributed by atoms with Gasteiger partial charge >= 0.3 is 0 Å². The highest BCUT2D eigenvalue weighted by Crippen LogP contribution is 2.32. The van der Waals surface area contributed by atoms with Crippen LogP contribution in [0.3, 0.4) is 0 Å². The molecule has 0 fully saturated rings. The van der Waals surface area contributed by atoms with Gasteiger partial charge in [0.25, 0.3) is 15.9 Å². The Morgan fingerprint density at radius 2 is 1.76 bits per heavy atom. The quantitative estimate of drug-likeness (QED) is 0.329. The van der Waals surface area contributed by atoms with Crippen LogP contribution >= 0.6 is 22.9 Å². The molecule has 0 unspecified atom stereocenters. The molecule has 34 heavy (non-hydrogen) atoms. The molecule has 3 aromatic carbocycles. The molecule has 1 heterocycles. The smallest absolute Gasteiger partial charge is 0.265 e. The molecule has 1 amide bonds. The maximum atomic E-state index is 13.2. The SMILES string of the molecule is COc1ccc(S(=O)(=O)N(C)c2ccc3sc(C(=O)Nc4cc(Cl)ccc4C)cc3c2)cc1C. The van der Waals surface area contributed by atoms with E-state index < -0.39 is 10.0 Å². The second-order valence-corrected chi connectivity index (χ2v) is 11.3. The van der Waals surface area contributed by atoms with Crippen LogP contribution in [0.15, 0.2) is 65.6 Å². The molecule has 0 atom stereocenters. The van der Waals surface area contributed by atoms with E-state index >= 15 is 0 Å². The van der Waals surface area contributed by atoms with Gasteiger partial charge in [-0.3, -0.25) is 9.10 Å². The van der Waals surface area contributed by atoms with E-state index in [9.17, 15) is 13.2 Å². The van der Waals surface area contributed by atoms with Gasteiger partial charge in [-0.05, 0) is 85.0 Å². The van der Waals surface area contributed by atoms with Crippen LogP contribution in [0, 0.1) is 13.8 Å². The van der Waals surface area contributed by atoms with Gasteiger partial charge in [-0.1, -0.05) is 17.7 Å². The number of fused-ring (bicyclic) bond motifs is 1. The maximum Gasteiger partial charge on any atom is 0.265 e. The highest BCUT2D eigenvalue weighted by atomic mass is 35.5. The van der Waals surface area contributed by atoms with Gasteiger partial charge in [0.15, 0.2) is 0 Å². The van der Waals surface area contributed by atoms with Gasteiger partial charge in [0.2, 0.25) is 0 Å². The molecule has 0 saturated carbocycles. The van der Waals surface area contributed by atoms with Crippen molar-refractivity contribution in [3.05, 3.63) is 81.7 Å². The third-order valence-electron chi connectivity index (χ3n) is 5.56. The molecule has 0 aliphatic rings. The van der Waals surface area contributed by atoms with Crippen LogP contribution in [0.2, 0.25) is 5.02 Å². The lowest BCUT2D eigenvalue weighted by atomic mass is 10.2. The van der Waals surface area contributed by atoms with Crippen LogP contribution < -0.4 is 14.4 Å². The van der Waals surface area contributed by atoms with Gasteiger partial charge in [-0.15, -0.1) is 11.3 Å². The fourth-order valence-corrected chi connectivity index (χ4v) is 5.94. The molecule has 0 radical (unpaired) electrons. The predicted octanol–water partition coefficient (Wildman–Crippen LogP) is 6.26. The van der Waals surface area contributed by atoms with Crippen LogP contribution in [0.4, 0.5) is 11.4 Å². The summed E-state index contributed by atoms with van der Waals surface area (Å²) >= 11 is 7.39. The summed E-state index contributed by atoms with van der Waals surface area (Å²) in [6.07, 6.45) is 0. The number of aryl methyl sites for hydroxylation is 2. The fourth-order valence-electron chi connectivity index (χ4n) is 3.56. The fraction of sp³-hybridized carbons (Fsp3) is 0.160. The van der Waals surface area contributed by atoms with Gasteiger partial charge in [0.1, 0.15) is 5.75 Å². The van der Waals surface area contributed by atoms with E-state index in [1.807, 2.05) is 19.1 Å². The van der Waals surface area contributed by atoms with Crippen molar-refractivity contribution in [2.75, 3.05) is 23.8 Å². The number of hydrogen-bond donors (Lipinski definition) is 1. The molecule has 0 spiro atoms.